The molecule has 0 aliphatic heterocycles. The van der Waals surface area contributed by atoms with Crippen LogP contribution in [0.4, 0.5) is 5.13 Å². The van der Waals surface area contributed by atoms with Crippen LogP contribution in [0.5, 0.6) is 28.7 Å². The maximum absolute atomic E-state index is 13.3. The van der Waals surface area contributed by atoms with Gasteiger partial charge >= 0.3 is 23.9 Å². The maximum atomic E-state index is 13.3. The van der Waals surface area contributed by atoms with E-state index in [0.717, 1.165) is 15.8 Å². The minimum atomic E-state index is -0.668. The van der Waals surface area contributed by atoms with Gasteiger partial charge in [0.15, 0.2) is 0 Å². The van der Waals surface area contributed by atoms with Gasteiger partial charge in [0, 0.05) is 12.0 Å². The van der Waals surface area contributed by atoms with Gasteiger partial charge < -0.3 is 28.8 Å². The molecule has 0 saturated heterocycles. The van der Waals surface area contributed by atoms with E-state index in [1.54, 1.807) is 42.5 Å². The first kappa shape index (κ1) is 42.3. The van der Waals surface area contributed by atoms with E-state index in [0.29, 0.717) is 28.4 Å². The number of nitrogens with one attached hydrogen (secondary N) is 1. The summed E-state index contributed by atoms with van der Waals surface area (Å²) in [6.07, 6.45) is 1.83. The monoisotopic (exact) mass is 849 g/mol. The van der Waals surface area contributed by atoms with E-state index in [1.165, 1.54) is 90.3 Å². The third kappa shape index (κ3) is 11.5. The van der Waals surface area contributed by atoms with Crippen molar-refractivity contribution in [2.45, 2.75) is 32.8 Å². The van der Waals surface area contributed by atoms with Crippen LogP contribution in [0.1, 0.15) is 73.3 Å². The number of carbonyl (C=O) groups is 4. The molecule has 0 amide bonds. The number of benzene rings is 6. The second-order valence-electron chi connectivity index (χ2n) is 14.6. The number of nitrogens with zero attached hydrogens (tertiary/aromatic N) is 2. The van der Waals surface area contributed by atoms with Crippen molar-refractivity contribution in [2.75, 3.05) is 12.0 Å². The number of rotatable bonds is 14. The molecule has 62 heavy (non-hydrogen) atoms. The number of anilines is 1. The molecule has 0 spiro atoms. The molecular weight excluding hydrogens is 811 g/mol. The van der Waals surface area contributed by atoms with Crippen LogP contribution < -0.4 is 24.4 Å². The fourth-order valence-corrected chi connectivity index (χ4v) is 6.60. The van der Waals surface area contributed by atoms with E-state index in [2.05, 4.69) is 15.5 Å². The number of para-hydroxylation sites is 1. The molecule has 13 nitrogen and oxygen atoms in total. The van der Waals surface area contributed by atoms with Crippen LogP contribution in [0.25, 0.3) is 10.2 Å². The molecule has 1 heterocycles. The van der Waals surface area contributed by atoms with Crippen molar-refractivity contribution in [1.29, 1.82) is 0 Å². The summed E-state index contributed by atoms with van der Waals surface area (Å²) >= 11 is 1.43. The van der Waals surface area contributed by atoms with Crippen LogP contribution in [0.2, 0.25) is 0 Å². The van der Waals surface area contributed by atoms with Crippen LogP contribution in [-0.4, -0.2) is 52.4 Å². The highest BCUT2D eigenvalue weighted by atomic mass is 32.1. The van der Waals surface area contributed by atoms with E-state index in [-0.39, 0.29) is 51.9 Å². The molecule has 0 fully saturated rings. The molecule has 1 aromatic heterocycles. The number of esters is 4. The van der Waals surface area contributed by atoms with E-state index in [1.807, 2.05) is 45.0 Å². The van der Waals surface area contributed by atoms with Gasteiger partial charge in [0.1, 0.15) is 34.3 Å². The summed E-state index contributed by atoms with van der Waals surface area (Å²) in [4.78, 5) is 55.9. The van der Waals surface area contributed by atoms with Crippen molar-refractivity contribution in [3.05, 3.63) is 173 Å². The number of phenolic OH excluding ortho intramolecular Hbond substituents is 1. The summed E-state index contributed by atoms with van der Waals surface area (Å²) in [7, 11) is 0. The van der Waals surface area contributed by atoms with Crippen molar-refractivity contribution < 1.29 is 48.0 Å². The maximum Gasteiger partial charge on any atom is 0.343 e. The summed E-state index contributed by atoms with van der Waals surface area (Å²) in [5.41, 5.74) is 5.67. The number of ether oxygens (including phenoxy) is 5. The Labute approximate surface area is 360 Å². The molecule has 0 aliphatic carbocycles. The fourth-order valence-electron chi connectivity index (χ4n) is 5.79. The molecule has 0 atom stereocenters. The summed E-state index contributed by atoms with van der Waals surface area (Å²) in [5.74, 6) is -1.08. The molecule has 6 aromatic carbocycles. The zero-order valence-electron chi connectivity index (χ0n) is 33.7. The van der Waals surface area contributed by atoms with Crippen molar-refractivity contribution in [1.82, 2.24) is 4.98 Å². The Kier molecular flexibility index (Phi) is 13.0. The van der Waals surface area contributed by atoms with Crippen LogP contribution in [-0.2, 0) is 11.2 Å². The highest BCUT2D eigenvalue weighted by Gasteiger charge is 2.17. The average Bonchev–Trinajstić information content (AvgIpc) is 3.68. The zero-order chi connectivity index (χ0) is 43.6. The second-order valence-corrected chi connectivity index (χ2v) is 15.6. The lowest BCUT2D eigenvalue weighted by Crippen LogP contribution is -2.22. The average molecular weight is 850 g/mol. The SMILES string of the molecule is CC(C)(C)Oc1ccc(C(=O)Oc2ccc(C(=O)OCCc3ccc(OC(=O)c4ccc(OC(=O)c5ccc(O)cc5)cc4)c(/C=N/Nc4nc5ccccc5s4)c3)cc2)cc1. The molecule has 0 aliphatic rings. The summed E-state index contributed by atoms with van der Waals surface area (Å²) in [6.45, 7) is 5.84. The van der Waals surface area contributed by atoms with Gasteiger partial charge in [-0.1, -0.05) is 29.5 Å². The Morgan fingerprint density at radius 2 is 1.19 bits per heavy atom. The molecule has 0 unspecified atom stereocenters. The zero-order valence-corrected chi connectivity index (χ0v) is 34.5. The number of thiazole rings is 1. The van der Waals surface area contributed by atoms with Gasteiger partial charge in [-0.2, -0.15) is 5.10 Å². The molecule has 2 N–H and O–H groups in total. The largest absolute Gasteiger partial charge is 0.508 e. The van der Waals surface area contributed by atoms with Gasteiger partial charge in [-0.05, 0) is 148 Å². The lowest BCUT2D eigenvalue weighted by atomic mass is 10.1. The van der Waals surface area contributed by atoms with Gasteiger partial charge in [0.25, 0.3) is 0 Å². The number of aromatic nitrogens is 1. The van der Waals surface area contributed by atoms with Crippen molar-refractivity contribution >= 4 is 56.8 Å². The van der Waals surface area contributed by atoms with Crippen LogP contribution >= 0.6 is 11.3 Å². The smallest absolute Gasteiger partial charge is 0.343 e. The molecule has 0 saturated carbocycles. The fraction of sp³-hybridized carbons (Fsp3) is 0.125. The summed E-state index contributed by atoms with van der Waals surface area (Å²) in [5, 5.41) is 14.4. The number of aromatic hydroxyl groups is 1. The topological polar surface area (TPSA) is 172 Å². The Hall–Kier alpha value is -7.84. The van der Waals surface area contributed by atoms with Gasteiger partial charge in [-0.25, -0.2) is 24.2 Å². The van der Waals surface area contributed by atoms with Crippen molar-refractivity contribution in [3.8, 4) is 28.7 Å². The molecule has 0 radical (unpaired) electrons. The van der Waals surface area contributed by atoms with E-state index in [4.69, 9.17) is 23.7 Å². The van der Waals surface area contributed by atoms with E-state index >= 15 is 0 Å². The number of hydrogen-bond acceptors (Lipinski definition) is 14. The van der Waals surface area contributed by atoms with Gasteiger partial charge in [-0.3, -0.25) is 5.43 Å². The molecule has 14 heteroatoms. The summed E-state index contributed by atoms with van der Waals surface area (Å²) in [6, 6.07) is 37.0. The highest BCUT2D eigenvalue weighted by Crippen LogP contribution is 2.27. The van der Waals surface area contributed by atoms with E-state index in [9.17, 15) is 24.3 Å². The van der Waals surface area contributed by atoms with Crippen LogP contribution in [0.3, 0.4) is 0 Å². The Bertz CT molecular complexity index is 2710. The predicted molar refractivity (Wildman–Crippen MR) is 234 cm³/mol. The Morgan fingerprint density at radius 3 is 1.77 bits per heavy atom. The minimum absolute atomic E-state index is 0.0208. The van der Waals surface area contributed by atoms with Gasteiger partial charge in [-0.15, -0.1) is 0 Å². The number of hydrazone groups is 1. The summed E-state index contributed by atoms with van der Waals surface area (Å²) < 4.78 is 29.0. The normalized spacial score (nSPS) is 11.2. The molecule has 7 aromatic rings. The van der Waals surface area contributed by atoms with Crippen LogP contribution in [0, 0.1) is 0 Å². The van der Waals surface area contributed by atoms with Crippen LogP contribution in [0.15, 0.2) is 145 Å². The first-order valence-corrected chi connectivity index (χ1v) is 20.1. The lowest BCUT2D eigenvalue weighted by molar-refractivity contribution is 0.0508. The molecule has 312 valence electrons. The predicted octanol–water partition coefficient (Wildman–Crippen LogP) is 9.68. The third-order valence-corrected chi connectivity index (χ3v) is 9.72. The standard InChI is InChI=1S/C48H39N3O10S/c1-48(2,3)61-39-23-15-33(16-24-39)45(55)59-37-19-11-31(12-20-37)43(53)57-27-26-30-8-25-41(35(28-30)29-49-51-47-50-40-6-4-5-7-42(40)62-47)60-46(56)34-13-21-38(22-14-34)58-44(54)32-9-17-36(52)18-10-32/h4-25,28-29,52H,26-27H2,1-3H3,(H,50,51)/b49-29+. The number of phenols is 1. The lowest BCUT2D eigenvalue weighted by Gasteiger charge is -2.21. The van der Waals surface area contributed by atoms with Gasteiger partial charge in [0.05, 0.1) is 45.3 Å². The number of carbonyl (C=O) groups excluding carboxylic acids is 4. The quantitative estimate of drug-likeness (QED) is 0.0460. The number of fused-ring (bicyclic) bond motifs is 1. The first-order chi connectivity index (χ1) is 29.8. The van der Waals surface area contributed by atoms with E-state index < -0.39 is 23.9 Å². The second kappa shape index (κ2) is 19.0. The Balaban J connectivity index is 0.972. The first-order valence-electron chi connectivity index (χ1n) is 19.2. The number of hydrogen-bond donors (Lipinski definition) is 2. The van der Waals surface area contributed by atoms with Gasteiger partial charge in [0.2, 0.25) is 5.13 Å². The van der Waals surface area contributed by atoms with Crippen molar-refractivity contribution in [3.63, 3.8) is 0 Å². The highest BCUT2D eigenvalue weighted by molar-refractivity contribution is 7.22. The minimum Gasteiger partial charge on any atom is -0.508 e. The third-order valence-electron chi connectivity index (χ3n) is 8.78. The molecular formula is C48H39N3O10S. The molecule has 0 bridgehead atoms. The molecule has 7 rings (SSSR count). The Morgan fingerprint density at radius 1 is 0.661 bits per heavy atom. The van der Waals surface area contributed by atoms with Crippen molar-refractivity contribution in [2.24, 2.45) is 5.10 Å².